The maximum absolute atomic E-state index is 12.4. The van der Waals surface area contributed by atoms with Crippen LogP contribution in [0.25, 0.3) is 0 Å². The fourth-order valence-electron chi connectivity index (χ4n) is 2.73. The van der Waals surface area contributed by atoms with Crippen LogP contribution in [0.5, 0.6) is 0 Å². The number of ether oxygens (including phenoxy) is 2. The van der Waals surface area contributed by atoms with E-state index in [1.165, 1.54) is 0 Å². The van der Waals surface area contributed by atoms with Gasteiger partial charge in [0.2, 0.25) is 0 Å². The fraction of sp³-hybridized carbons (Fsp3) is 0.833. The molecule has 3 unspecified atom stereocenters. The van der Waals surface area contributed by atoms with E-state index < -0.39 is 5.60 Å². The number of rotatable bonds is 6. The molecule has 1 saturated heterocycles. The van der Waals surface area contributed by atoms with Gasteiger partial charge in [-0.15, -0.1) is 6.42 Å². The molecule has 1 aliphatic rings. The highest BCUT2D eigenvalue weighted by atomic mass is 16.6. The Morgan fingerprint density at radius 2 is 2.22 bits per heavy atom. The van der Waals surface area contributed by atoms with Gasteiger partial charge in [0.1, 0.15) is 5.60 Å². The van der Waals surface area contributed by atoms with E-state index in [4.69, 9.17) is 15.9 Å². The van der Waals surface area contributed by atoms with Gasteiger partial charge in [-0.05, 0) is 40.5 Å². The van der Waals surface area contributed by atoms with Crippen molar-refractivity contribution < 1.29 is 14.3 Å². The summed E-state index contributed by atoms with van der Waals surface area (Å²) in [6, 6.07) is 0.301. The monoisotopic (exact) mass is 324 g/mol. The van der Waals surface area contributed by atoms with Crippen molar-refractivity contribution in [3.63, 3.8) is 0 Å². The van der Waals surface area contributed by atoms with E-state index in [0.29, 0.717) is 19.8 Å². The standard InChI is InChI=1S/C18H32N2O3/c1-7-9-15(8-2)19-14(3)12-16-13-22-11-10-20(16)17(21)23-18(4,5)6/h2,14-16,19H,7,9-13H2,1,3-6H3. The molecule has 0 spiro atoms. The first kappa shape index (κ1) is 19.8. The predicted molar refractivity (Wildman–Crippen MR) is 92.3 cm³/mol. The van der Waals surface area contributed by atoms with Gasteiger partial charge in [-0.25, -0.2) is 4.79 Å². The molecule has 1 fully saturated rings. The average Bonchev–Trinajstić information content (AvgIpc) is 2.45. The first-order valence-corrected chi connectivity index (χ1v) is 8.56. The summed E-state index contributed by atoms with van der Waals surface area (Å²) in [7, 11) is 0. The molecule has 0 aromatic carbocycles. The molecule has 0 aliphatic carbocycles. The van der Waals surface area contributed by atoms with E-state index in [1.54, 1.807) is 4.90 Å². The number of nitrogens with zero attached hydrogens (tertiary/aromatic N) is 1. The van der Waals surface area contributed by atoms with Gasteiger partial charge < -0.3 is 19.7 Å². The fourth-order valence-corrected chi connectivity index (χ4v) is 2.73. The highest BCUT2D eigenvalue weighted by Crippen LogP contribution is 2.18. The van der Waals surface area contributed by atoms with Gasteiger partial charge in [-0.1, -0.05) is 19.3 Å². The molecule has 23 heavy (non-hydrogen) atoms. The van der Waals surface area contributed by atoms with E-state index >= 15 is 0 Å². The highest BCUT2D eigenvalue weighted by Gasteiger charge is 2.32. The Kier molecular flexibility index (Phi) is 7.87. The Bertz CT molecular complexity index is 411. The molecule has 3 atom stereocenters. The summed E-state index contributed by atoms with van der Waals surface area (Å²) in [6.45, 7) is 11.5. The molecule has 0 aromatic rings. The van der Waals surface area contributed by atoms with E-state index in [9.17, 15) is 4.79 Å². The smallest absolute Gasteiger partial charge is 0.410 e. The molecule has 5 heteroatoms. The molecule has 1 rings (SSSR count). The molecule has 1 heterocycles. The van der Waals surface area contributed by atoms with Crippen molar-refractivity contribution in [2.75, 3.05) is 19.8 Å². The molecule has 5 nitrogen and oxygen atoms in total. The predicted octanol–water partition coefficient (Wildman–Crippen LogP) is 2.79. The molecular formula is C18H32N2O3. The number of carbonyl (C=O) groups is 1. The van der Waals surface area contributed by atoms with Crippen LogP contribution in [-0.2, 0) is 9.47 Å². The normalized spacial score (nSPS) is 21.4. The lowest BCUT2D eigenvalue weighted by Crippen LogP contribution is -2.52. The molecular weight excluding hydrogens is 292 g/mol. The molecule has 0 bridgehead atoms. The molecule has 1 N–H and O–H groups in total. The summed E-state index contributed by atoms with van der Waals surface area (Å²) >= 11 is 0. The van der Waals surface area contributed by atoms with Crippen LogP contribution >= 0.6 is 0 Å². The lowest BCUT2D eigenvalue weighted by Gasteiger charge is -2.38. The highest BCUT2D eigenvalue weighted by molar-refractivity contribution is 5.68. The first-order chi connectivity index (χ1) is 10.8. The summed E-state index contributed by atoms with van der Waals surface area (Å²) in [4.78, 5) is 14.2. The number of morpholine rings is 1. The third kappa shape index (κ3) is 7.24. The van der Waals surface area contributed by atoms with Crippen molar-refractivity contribution in [2.24, 2.45) is 0 Å². The van der Waals surface area contributed by atoms with Gasteiger partial charge in [0, 0.05) is 12.6 Å². The number of hydrogen-bond acceptors (Lipinski definition) is 4. The van der Waals surface area contributed by atoms with Gasteiger partial charge in [-0.3, -0.25) is 0 Å². The lowest BCUT2D eigenvalue weighted by molar-refractivity contribution is -0.0356. The maximum atomic E-state index is 12.4. The van der Waals surface area contributed by atoms with Crippen molar-refractivity contribution >= 4 is 6.09 Å². The quantitative estimate of drug-likeness (QED) is 0.763. The minimum Gasteiger partial charge on any atom is -0.444 e. The zero-order valence-electron chi connectivity index (χ0n) is 15.2. The molecule has 0 saturated carbocycles. The Morgan fingerprint density at radius 1 is 1.52 bits per heavy atom. The number of carbonyl (C=O) groups excluding carboxylic acids is 1. The summed E-state index contributed by atoms with van der Waals surface area (Å²) < 4.78 is 11.1. The second kappa shape index (κ2) is 9.14. The molecule has 1 aliphatic heterocycles. The Labute approximate surface area is 141 Å². The van der Waals surface area contributed by atoms with Gasteiger partial charge in [0.05, 0.1) is 25.3 Å². The number of hydrogen-bond donors (Lipinski definition) is 1. The Balaban J connectivity index is 2.60. The summed E-state index contributed by atoms with van der Waals surface area (Å²) in [6.07, 6.45) is 8.10. The van der Waals surface area contributed by atoms with Crippen molar-refractivity contribution in [3.8, 4) is 12.3 Å². The average molecular weight is 324 g/mol. The Hall–Kier alpha value is -1.25. The zero-order chi connectivity index (χ0) is 17.5. The SMILES string of the molecule is C#CC(CCC)NC(C)CC1COCCN1C(=O)OC(C)(C)C. The van der Waals surface area contributed by atoms with Gasteiger partial charge in [-0.2, -0.15) is 0 Å². The van der Waals surface area contributed by atoms with Crippen LogP contribution in [0.15, 0.2) is 0 Å². The minimum atomic E-state index is -0.487. The van der Waals surface area contributed by atoms with Gasteiger partial charge >= 0.3 is 6.09 Å². The van der Waals surface area contributed by atoms with E-state index in [2.05, 4.69) is 25.1 Å². The zero-order valence-corrected chi connectivity index (χ0v) is 15.2. The summed E-state index contributed by atoms with van der Waals surface area (Å²) in [5.74, 6) is 2.79. The van der Waals surface area contributed by atoms with E-state index in [-0.39, 0.29) is 24.2 Å². The third-order valence-electron chi connectivity index (χ3n) is 3.75. The topological polar surface area (TPSA) is 50.8 Å². The van der Waals surface area contributed by atoms with Crippen molar-refractivity contribution in [2.45, 2.75) is 77.6 Å². The van der Waals surface area contributed by atoms with E-state index in [1.807, 2.05) is 20.8 Å². The van der Waals surface area contributed by atoms with Crippen LogP contribution in [-0.4, -0.2) is 54.5 Å². The van der Waals surface area contributed by atoms with Gasteiger partial charge in [0.15, 0.2) is 0 Å². The van der Waals surface area contributed by atoms with Crippen LogP contribution in [0.3, 0.4) is 0 Å². The minimum absolute atomic E-state index is 0.0150. The summed E-state index contributed by atoms with van der Waals surface area (Å²) in [5.41, 5.74) is -0.487. The van der Waals surface area contributed by atoms with Crippen LogP contribution in [0, 0.1) is 12.3 Å². The molecule has 1 amide bonds. The van der Waals surface area contributed by atoms with Crippen molar-refractivity contribution in [1.29, 1.82) is 0 Å². The maximum Gasteiger partial charge on any atom is 0.410 e. The number of nitrogens with one attached hydrogen (secondary N) is 1. The second-order valence-electron chi connectivity index (χ2n) is 7.21. The van der Waals surface area contributed by atoms with Crippen LogP contribution < -0.4 is 5.32 Å². The Morgan fingerprint density at radius 3 is 2.78 bits per heavy atom. The molecule has 0 radical (unpaired) electrons. The number of amides is 1. The largest absolute Gasteiger partial charge is 0.444 e. The van der Waals surface area contributed by atoms with E-state index in [0.717, 1.165) is 19.3 Å². The van der Waals surface area contributed by atoms with Crippen molar-refractivity contribution in [3.05, 3.63) is 0 Å². The summed E-state index contributed by atoms with van der Waals surface area (Å²) in [5, 5.41) is 3.45. The van der Waals surface area contributed by atoms with Crippen LogP contribution in [0.2, 0.25) is 0 Å². The van der Waals surface area contributed by atoms with Gasteiger partial charge in [0.25, 0.3) is 0 Å². The van der Waals surface area contributed by atoms with Crippen molar-refractivity contribution in [1.82, 2.24) is 10.2 Å². The number of terminal acetylenes is 1. The van der Waals surface area contributed by atoms with Crippen LogP contribution in [0.1, 0.15) is 53.9 Å². The molecule has 0 aromatic heterocycles. The lowest BCUT2D eigenvalue weighted by atomic mass is 10.0. The van der Waals surface area contributed by atoms with Crippen LogP contribution in [0.4, 0.5) is 4.79 Å². The first-order valence-electron chi connectivity index (χ1n) is 8.56. The second-order valence-corrected chi connectivity index (χ2v) is 7.21. The molecule has 132 valence electrons. The third-order valence-corrected chi connectivity index (χ3v) is 3.75.